The zero-order valence-corrected chi connectivity index (χ0v) is 12.8. The molecule has 4 nitrogen and oxygen atoms in total. The van der Waals surface area contributed by atoms with Crippen LogP contribution in [-0.4, -0.2) is 34.5 Å². The van der Waals surface area contributed by atoms with Crippen LogP contribution >= 0.6 is 11.3 Å². The number of rotatable bonds is 4. The van der Waals surface area contributed by atoms with Gasteiger partial charge in [0.2, 0.25) is 0 Å². The first-order chi connectivity index (χ1) is 8.19. The lowest BCUT2D eigenvalue weighted by atomic mass is 10.2. The maximum atomic E-state index is 11.9. The fourth-order valence-corrected chi connectivity index (χ4v) is 2.29. The van der Waals surface area contributed by atoms with E-state index in [4.69, 9.17) is 4.74 Å². The highest BCUT2D eigenvalue weighted by molar-refractivity contribution is 7.11. The third-order valence-electron chi connectivity index (χ3n) is 2.48. The first-order valence-electron chi connectivity index (χ1n) is 6.03. The van der Waals surface area contributed by atoms with Crippen molar-refractivity contribution in [2.45, 2.75) is 52.8 Å². The fourth-order valence-electron chi connectivity index (χ4n) is 1.43. The van der Waals surface area contributed by atoms with Crippen LogP contribution in [0.25, 0.3) is 0 Å². The Bertz CT molecular complexity index is 409. The summed E-state index contributed by atoms with van der Waals surface area (Å²) < 4.78 is 5.37. The molecule has 0 bridgehead atoms. The van der Waals surface area contributed by atoms with Crippen LogP contribution in [0.1, 0.15) is 37.6 Å². The van der Waals surface area contributed by atoms with Gasteiger partial charge in [-0.2, -0.15) is 0 Å². The van der Waals surface area contributed by atoms with Gasteiger partial charge in [-0.3, -0.25) is 9.69 Å². The van der Waals surface area contributed by atoms with Crippen molar-refractivity contribution in [1.29, 1.82) is 0 Å². The van der Waals surface area contributed by atoms with E-state index in [1.807, 2.05) is 52.8 Å². The van der Waals surface area contributed by atoms with E-state index in [0.717, 1.165) is 9.88 Å². The highest BCUT2D eigenvalue weighted by Crippen LogP contribution is 2.16. The summed E-state index contributed by atoms with van der Waals surface area (Å²) >= 11 is 1.65. The average molecular weight is 270 g/mol. The van der Waals surface area contributed by atoms with Crippen molar-refractivity contribution in [1.82, 2.24) is 9.88 Å². The Kier molecular flexibility index (Phi) is 4.87. The molecule has 0 N–H and O–H groups in total. The van der Waals surface area contributed by atoms with Crippen LogP contribution < -0.4 is 0 Å². The molecule has 0 saturated carbocycles. The molecule has 0 aliphatic carbocycles. The second kappa shape index (κ2) is 5.80. The van der Waals surface area contributed by atoms with Gasteiger partial charge in [0.1, 0.15) is 11.6 Å². The number of likely N-dealkylation sites (N-methyl/N-ethyl adjacent to an activating group) is 1. The van der Waals surface area contributed by atoms with E-state index < -0.39 is 5.60 Å². The van der Waals surface area contributed by atoms with Gasteiger partial charge in [0.15, 0.2) is 0 Å². The Hall–Kier alpha value is -0.940. The molecule has 0 saturated heterocycles. The van der Waals surface area contributed by atoms with E-state index in [0.29, 0.717) is 6.54 Å². The Morgan fingerprint density at radius 2 is 2.17 bits per heavy atom. The molecule has 0 amide bonds. The molecule has 0 unspecified atom stereocenters. The molecule has 1 rings (SSSR count). The zero-order valence-electron chi connectivity index (χ0n) is 12.0. The van der Waals surface area contributed by atoms with Gasteiger partial charge < -0.3 is 4.74 Å². The molecule has 1 atom stereocenters. The summed E-state index contributed by atoms with van der Waals surface area (Å²) in [6, 6.07) is -0.258. The van der Waals surface area contributed by atoms with E-state index in [9.17, 15) is 4.79 Å². The quantitative estimate of drug-likeness (QED) is 0.789. The highest BCUT2D eigenvalue weighted by Gasteiger charge is 2.24. The molecule has 0 aliphatic rings. The van der Waals surface area contributed by atoms with Gasteiger partial charge in [0.25, 0.3) is 0 Å². The smallest absolute Gasteiger partial charge is 0.323 e. The molecule has 18 heavy (non-hydrogen) atoms. The Morgan fingerprint density at radius 3 is 2.61 bits per heavy atom. The largest absolute Gasteiger partial charge is 0.459 e. The van der Waals surface area contributed by atoms with Gasteiger partial charge in [-0.25, -0.2) is 4.98 Å². The minimum Gasteiger partial charge on any atom is -0.459 e. The van der Waals surface area contributed by atoms with Gasteiger partial charge in [0.05, 0.1) is 5.01 Å². The second-order valence-electron chi connectivity index (χ2n) is 5.47. The fraction of sp³-hybridized carbons (Fsp3) is 0.692. The van der Waals surface area contributed by atoms with E-state index in [2.05, 4.69) is 4.98 Å². The number of carbonyl (C=O) groups is 1. The summed E-state index contributed by atoms with van der Waals surface area (Å²) in [7, 11) is 1.92. The molecule has 0 fully saturated rings. The number of carbonyl (C=O) groups excluding carboxylic acids is 1. The van der Waals surface area contributed by atoms with E-state index in [1.165, 1.54) is 0 Å². The normalized spacial score (nSPS) is 13.7. The lowest BCUT2D eigenvalue weighted by Gasteiger charge is -2.27. The second-order valence-corrected chi connectivity index (χ2v) is 6.79. The molecule has 1 aromatic heterocycles. The molecule has 0 aromatic carbocycles. The predicted octanol–water partition coefficient (Wildman–Crippen LogP) is 2.61. The number of aromatic nitrogens is 1. The molecule has 5 heteroatoms. The first-order valence-corrected chi connectivity index (χ1v) is 6.85. The molecule has 102 valence electrons. The number of hydrogen-bond acceptors (Lipinski definition) is 5. The van der Waals surface area contributed by atoms with Crippen LogP contribution in [0.3, 0.4) is 0 Å². The lowest BCUT2D eigenvalue weighted by molar-refractivity contribution is -0.160. The van der Waals surface area contributed by atoms with Crippen LogP contribution in [-0.2, 0) is 16.1 Å². The lowest BCUT2D eigenvalue weighted by Crippen LogP contribution is -2.39. The highest BCUT2D eigenvalue weighted by atomic mass is 32.1. The molecule has 0 aliphatic heterocycles. The number of ether oxygens (including phenoxy) is 1. The van der Waals surface area contributed by atoms with Crippen molar-refractivity contribution in [3.63, 3.8) is 0 Å². The number of esters is 1. The maximum Gasteiger partial charge on any atom is 0.323 e. The molecular weight excluding hydrogens is 248 g/mol. The number of hydrogen-bond donors (Lipinski definition) is 0. The molecule has 0 spiro atoms. The van der Waals surface area contributed by atoms with Gasteiger partial charge in [-0.15, -0.1) is 11.3 Å². The minimum absolute atomic E-state index is 0.189. The summed E-state index contributed by atoms with van der Waals surface area (Å²) in [5, 5.41) is 1.04. The van der Waals surface area contributed by atoms with Crippen LogP contribution in [0.4, 0.5) is 0 Å². The zero-order chi connectivity index (χ0) is 13.9. The standard InChI is InChI=1S/C13H22N2O2S/c1-9(12(16)17-13(3,4)5)15(6)8-11-7-14-10(2)18-11/h7,9H,8H2,1-6H3/t9-/m1/s1. The SMILES string of the molecule is Cc1ncc(CN(C)[C@H](C)C(=O)OC(C)(C)C)s1. The number of aryl methyl sites for hydroxylation is 1. The van der Waals surface area contributed by atoms with E-state index >= 15 is 0 Å². The van der Waals surface area contributed by atoms with Gasteiger partial charge in [0, 0.05) is 17.6 Å². The summed E-state index contributed by atoms with van der Waals surface area (Å²) in [4.78, 5) is 19.3. The van der Waals surface area contributed by atoms with Gasteiger partial charge in [-0.05, 0) is 41.7 Å². The number of thiazole rings is 1. The summed E-state index contributed by atoms with van der Waals surface area (Å²) in [5.74, 6) is -0.189. The van der Waals surface area contributed by atoms with Crippen LogP contribution in [0.15, 0.2) is 6.20 Å². The molecule has 1 heterocycles. The third kappa shape index (κ3) is 4.74. The Morgan fingerprint density at radius 1 is 1.56 bits per heavy atom. The third-order valence-corrected chi connectivity index (χ3v) is 3.38. The van der Waals surface area contributed by atoms with Crippen LogP contribution in [0.2, 0.25) is 0 Å². The van der Waals surface area contributed by atoms with E-state index in [-0.39, 0.29) is 12.0 Å². The van der Waals surface area contributed by atoms with Crippen molar-refractivity contribution < 1.29 is 9.53 Å². The molecular formula is C13H22N2O2S. The van der Waals surface area contributed by atoms with Crippen LogP contribution in [0.5, 0.6) is 0 Å². The minimum atomic E-state index is -0.437. The van der Waals surface area contributed by atoms with Crippen molar-refractivity contribution >= 4 is 17.3 Å². The monoisotopic (exact) mass is 270 g/mol. The Labute approximate surface area is 113 Å². The summed E-state index contributed by atoms with van der Waals surface area (Å²) in [5.41, 5.74) is -0.437. The molecule has 0 radical (unpaired) electrons. The number of nitrogens with zero attached hydrogens (tertiary/aromatic N) is 2. The maximum absolute atomic E-state index is 11.9. The van der Waals surface area contributed by atoms with Crippen molar-refractivity contribution in [3.8, 4) is 0 Å². The predicted molar refractivity (Wildman–Crippen MR) is 73.6 cm³/mol. The van der Waals surface area contributed by atoms with Crippen molar-refractivity contribution in [3.05, 3.63) is 16.1 Å². The van der Waals surface area contributed by atoms with E-state index in [1.54, 1.807) is 11.3 Å². The van der Waals surface area contributed by atoms with Crippen molar-refractivity contribution in [2.75, 3.05) is 7.05 Å². The van der Waals surface area contributed by atoms with Gasteiger partial charge >= 0.3 is 5.97 Å². The average Bonchev–Trinajstić information content (AvgIpc) is 2.60. The Balaban J connectivity index is 2.55. The topological polar surface area (TPSA) is 42.4 Å². The van der Waals surface area contributed by atoms with Crippen molar-refractivity contribution in [2.24, 2.45) is 0 Å². The van der Waals surface area contributed by atoms with Crippen LogP contribution in [0, 0.1) is 6.92 Å². The summed E-state index contributed by atoms with van der Waals surface area (Å²) in [6.07, 6.45) is 1.86. The van der Waals surface area contributed by atoms with Gasteiger partial charge in [-0.1, -0.05) is 0 Å². The summed E-state index contributed by atoms with van der Waals surface area (Å²) in [6.45, 7) is 10.2. The first kappa shape index (κ1) is 15.1. The molecule has 1 aromatic rings.